The van der Waals surface area contributed by atoms with E-state index < -0.39 is 5.97 Å². The number of benzene rings is 2. The predicted octanol–water partition coefficient (Wildman–Crippen LogP) is 7.92. The minimum Gasteiger partial charge on any atom is -0.462 e. The van der Waals surface area contributed by atoms with E-state index in [2.05, 4.69) is 35.0 Å². The van der Waals surface area contributed by atoms with Crippen molar-refractivity contribution in [1.82, 2.24) is 4.40 Å². The monoisotopic (exact) mass is 563 g/mol. The standard InChI is InChI=1S/C28H22BrNO3S2/c1-3-33-27(32)22-21-10-6-7-15-30(21)24-23(22)26(25(31)18-11-13-20(29)14-12-18)35-28(24)34-16-19-9-5-4-8-17(19)2/h4-15H,3,16H2,1-2H3. The molecule has 0 N–H and O–H groups in total. The van der Waals surface area contributed by atoms with Gasteiger partial charge in [-0.05, 0) is 61.4 Å². The second-order valence-corrected chi connectivity index (χ2v) is 11.2. The van der Waals surface area contributed by atoms with Gasteiger partial charge in [-0.25, -0.2) is 4.79 Å². The van der Waals surface area contributed by atoms with E-state index in [1.807, 2.05) is 53.1 Å². The first-order chi connectivity index (χ1) is 17.0. The van der Waals surface area contributed by atoms with Gasteiger partial charge in [0, 0.05) is 27.4 Å². The normalized spacial score (nSPS) is 11.3. The highest BCUT2D eigenvalue weighted by Gasteiger charge is 2.29. The number of rotatable bonds is 7. The number of ketones is 1. The van der Waals surface area contributed by atoms with Crippen molar-refractivity contribution in [1.29, 1.82) is 0 Å². The Labute approximate surface area is 220 Å². The Morgan fingerprint density at radius 1 is 1.03 bits per heavy atom. The maximum atomic E-state index is 13.7. The van der Waals surface area contributed by atoms with E-state index in [4.69, 9.17) is 4.74 Å². The van der Waals surface area contributed by atoms with Crippen molar-refractivity contribution >= 4 is 67.2 Å². The van der Waals surface area contributed by atoms with Crippen LogP contribution in [0, 0.1) is 6.92 Å². The van der Waals surface area contributed by atoms with Crippen LogP contribution in [0.2, 0.25) is 0 Å². The molecule has 0 aliphatic carbocycles. The number of hydrogen-bond acceptors (Lipinski definition) is 5. The number of ether oxygens (including phenoxy) is 1. The Hall–Kier alpha value is -2.87. The fraction of sp³-hybridized carbons (Fsp3) is 0.143. The van der Waals surface area contributed by atoms with Gasteiger partial charge < -0.3 is 9.14 Å². The Morgan fingerprint density at radius 3 is 2.51 bits per heavy atom. The van der Waals surface area contributed by atoms with Crippen LogP contribution in [-0.2, 0) is 10.5 Å². The molecule has 5 aromatic rings. The van der Waals surface area contributed by atoms with Crippen LogP contribution in [0.25, 0.3) is 16.4 Å². The molecule has 0 aliphatic heterocycles. The lowest BCUT2D eigenvalue weighted by Crippen LogP contribution is -2.06. The van der Waals surface area contributed by atoms with Crippen LogP contribution in [0.3, 0.4) is 0 Å². The molecule has 0 radical (unpaired) electrons. The summed E-state index contributed by atoms with van der Waals surface area (Å²) in [6, 6.07) is 21.4. The lowest BCUT2D eigenvalue weighted by atomic mass is 10.1. The van der Waals surface area contributed by atoms with Crippen LogP contribution in [0.15, 0.2) is 81.6 Å². The Morgan fingerprint density at radius 2 is 1.77 bits per heavy atom. The van der Waals surface area contributed by atoms with Gasteiger partial charge in [0.15, 0.2) is 0 Å². The number of hydrogen-bond donors (Lipinski definition) is 0. The van der Waals surface area contributed by atoms with Crippen LogP contribution in [-0.4, -0.2) is 22.8 Å². The molecule has 0 saturated carbocycles. The molecule has 2 aromatic carbocycles. The third-order valence-corrected chi connectivity index (χ3v) is 8.89. The number of carbonyl (C=O) groups is 2. The number of aryl methyl sites for hydroxylation is 1. The first-order valence-electron chi connectivity index (χ1n) is 11.2. The minimum absolute atomic E-state index is 0.100. The van der Waals surface area contributed by atoms with Gasteiger partial charge in [0.2, 0.25) is 5.78 Å². The SMILES string of the molecule is CCOC(=O)c1c2c(C(=O)c3ccc(Br)cc3)sc(SCc3ccccc3C)c2n2ccccc12. The van der Waals surface area contributed by atoms with Crippen LogP contribution in [0.4, 0.5) is 0 Å². The van der Waals surface area contributed by atoms with Gasteiger partial charge in [0.1, 0.15) is 0 Å². The fourth-order valence-electron chi connectivity index (χ4n) is 4.14. The quantitative estimate of drug-likeness (QED) is 0.114. The lowest BCUT2D eigenvalue weighted by molar-refractivity contribution is 0.0531. The number of nitrogens with zero attached hydrogens (tertiary/aromatic N) is 1. The first kappa shape index (κ1) is 23.9. The van der Waals surface area contributed by atoms with Crippen molar-refractivity contribution in [2.24, 2.45) is 0 Å². The molecule has 176 valence electrons. The summed E-state index contributed by atoms with van der Waals surface area (Å²) in [6.45, 7) is 4.16. The van der Waals surface area contributed by atoms with Crippen LogP contribution in [0.1, 0.15) is 43.6 Å². The summed E-state index contributed by atoms with van der Waals surface area (Å²) in [5, 5.41) is 0.667. The van der Waals surface area contributed by atoms with Crippen LogP contribution >= 0.6 is 39.0 Å². The molecule has 0 atom stereocenters. The minimum atomic E-state index is -0.413. The van der Waals surface area contributed by atoms with Crippen molar-refractivity contribution in [3.63, 3.8) is 0 Å². The van der Waals surface area contributed by atoms with Gasteiger partial charge in [-0.3, -0.25) is 4.79 Å². The van der Waals surface area contributed by atoms with Crippen LogP contribution < -0.4 is 0 Å². The molecule has 7 heteroatoms. The zero-order valence-electron chi connectivity index (χ0n) is 19.2. The van der Waals surface area contributed by atoms with E-state index >= 15 is 0 Å². The number of carbonyl (C=O) groups excluding carboxylic acids is 2. The molecule has 0 amide bonds. The van der Waals surface area contributed by atoms with Gasteiger partial charge in [-0.15, -0.1) is 23.1 Å². The van der Waals surface area contributed by atoms with E-state index in [9.17, 15) is 9.59 Å². The van der Waals surface area contributed by atoms with Gasteiger partial charge in [0.05, 0.1) is 32.3 Å². The van der Waals surface area contributed by atoms with Crippen molar-refractivity contribution in [2.45, 2.75) is 23.8 Å². The second kappa shape index (κ2) is 10.0. The molecular formula is C28H22BrNO3S2. The number of fused-ring (bicyclic) bond motifs is 3. The van der Waals surface area contributed by atoms with E-state index in [-0.39, 0.29) is 12.4 Å². The summed E-state index contributed by atoms with van der Waals surface area (Å²) in [7, 11) is 0. The van der Waals surface area contributed by atoms with Crippen molar-refractivity contribution in [3.05, 3.63) is 105 Å². The van der Waals surface area contributed by atoms with Gasteiger partial charge in [-0.2, -0.15) is 0 Å². The summed E-state index contributed by atoms with van der Waals surface area (Å²) in [5.41, 5.74) is 5.12. The topological polar surface area (TPSA) is 47.8 Å². The Kier molecular flexibility index (Phi) is 6.82. The van der Waals surface area contributed by atoms with E-state index in [0.717, 1.165) is 25.5 Å². The second-order valence-electron chi connectivity index (χ2n) is 8.04. The molecule has 4 nitrogen and oxygen atoms in total. The fourth-order valence-corrected chi connectivity index (χ4v) is 7.01. The molecule has 3 aromatic heterocycles. The summed E-state index contributed by atoms with van der Waals surface area (Å²) in [6.07, 6.45) is 1.94. The molecule has 0 aliphatic rings. The van der Waals surface area contributed by atoms with E-state index in [1.54, 1.807) is 30.8 Å². The average Bonchev–Trinajstić information content (AvgIpc) is 3.39. The summed E-state index contributed by atoms with van der Waals surface area (Å²) in [5.74, 6) is 0.254. The smallest absolute Gasteiger partial charge is 0.341 e. The highest BCUT2D eigenvalue weighted by molar-refractivity contribution is 9.10. The molecule has 0 spiro atoms. The maximum Gasteiger partial charge on any atom is 0.341 e. The number of pyridine rings is 1. The summed E-state index contributed by atoms with van der Waals surface area (Å²) >= 11 is 6.58. The number of thiophene rings is 1. The maximum absolute atomic E-state index is 13.7. The molecule has 0 unspecified atom stereocenters. The molecule has 5 rings (SSSR count). The molecule has 3 heterocycles. The van der Waals surface area contributed by atoms with Crippen molar-refractivity contribution in [2.75, 3.05) is 6.61 Å². The summed E-state index contributed by atoms with van der Waals surface area (Å²) in [4.78, 5) is 27.5. The predicted molar refractivity (Wildman–Crippen MR) is 147 cm³/mol. The number of aromatic nitrogens is 1. The zero-order valence-corrected chi connectivity index (χ0v) is 22.4. The highest BCUT2D eigenvalue weighted by atomic mass is 79.9. The first-order valence-corrected chi connectivity index (χ1v) is 13.8. The average molecular weight is 565 g/mol. The van der Waals surface area contributed by atoms with Gasteiger partial charge in [-0.1, -0.05) is 46.3 Å². The number of halogens is 1. The number of thioether (sulfide) groups is 1. The largest absolute Gasteiger partial charge is 0.462 e. The lowest BCUT2D eigenvalue weighted by Gasteiger charge is -2.05. The Bertz CT molecular complexity index is 1570. The molecule has 0 bridgehead atoms. The van der Waals surface area contributed by atoms with Gasteiger partial charge >= 0.3 is 5.97 Å². The molecule has 0 saturated heterocycles. The van der Waals surface area contributed by atoms with E-state index in [0.29, 0.717) is 21.4 Å². The van der Waals surface area contributed by atoms with Crippen molar-refractivity contribution < 1.29 is 14.3 Å². The van der Waals surface area contributed by atoms with E-state index in [1.165, 1.54) is 22.5 Å². The molecule has 35 heavy (non-hydrogen) atoms. The highest BCUT2D eigenvalue weighted by Crippen LogP contribution is 2.44. The van der Waals surface area contributed by atoms with Crippen molar-refractivity contribution in [3.8, 4) is 0 Å². The number of esters is 1. The van der Waals surface area contributed by atoms with Crippen LogP contribution in [0.5, 0.6) is 0 Å². The van der Waals surface area contributed by atoms with Gasteiger partial charge in [0.25, 0.3) is 0 Å². The third kappa shape index (κ3) is 4.44. The third-order valence-electron chi connectivity index (χ3n) is 5.87. The molecule has 0 fully saturated rings. The molecular weight excluding hydrogens is 542 g/mol. The summed E-state index contributed by atoms with van der Waals surface area (Å²) < 4.78 is 9.36. The Balaban J connectivity index is 1.73. The zero-order chi connectivity index (χ0) is 24.5.